The van der Waals surface area contributed by atoms with Gasteiger partial charge in [0.1, 0.15) is 17.0 Å². The van der Waals surface area contributed by atoms with Gasteiger partial charge in [-0.25, -0.2) is 10.1 Å². The molecule has 3 aromatic rings. The van der Waals surface area contributed by atoms with Gasteiger partial charge in [0.2, 0.25) is 5.28 Å². The highest BCUT2D eigenvalue weighted by Gasteiger charge is 2.30. The number of nitrogens with zero attached hydrogens (tertiary/aromatic N) is 5. The maximum atomic E-state index is 13.4. The van der Waals surface area contributed by atoms with E-state index in [0.717, 1.165) is 43.6 Å². The van der Waals surface area contributed by atoms with E-state index in [9.17, 15) is 23.1 Å². The summed E-state index contributed by atoms with van der Waals surface area (Å²) in [5.74, 6) is 6.16. The summed E-state index contributed by atoms with van der Waals surface area (Å²) < 4.78 is 40.3. The number of imidazole rings is 1. The second-order valence-electron chi connectivity index (χ2n) is 9.88. The number of rotatable bonds is 6. The Kier molecular flexibility index (Phi) is 8.08. The summed E-state index contributed by atoms with van der Waals surface area (Å²) in [4.78, 5) is 17.6. The largest absolute Gasteiger partial charge is 0.416 e. The molecule has 1 aliphatic rings. The maximum absolute atomic E-state index is 13.4. The lowest BCUT2D eigenvalue weighted by molar-refractivity contribution is -0.137. The quantitative estimate of drug-likeness (QED) is 0.400. The van der Waals surface area contributed by atoms with E-state index in [4.69, 9.17) is 11.6 Å². The Morgan fingerprint density at radius 3 is 2.47 bits per heavy atom. The standard InChI is InChI=1S/C25H27ClF3N7O2/c1-24(2,38)12-11-19-20(22(37)30-13-15-3-7-17(8-4-15)21-32-34-35-33-21)36(23(26)31-19)14-16-5-9-18(10-6-16)25(27,28)29/h5-6,9-10,15,17,38H,3-4,7-8,13-14H2,1-2H3,(H,30,37)(H,32,33,34,35)/t15-,17-. The minimum absolute atomic E-state index is 0.00719. The molecule has 0 saturated heterocycles. The summed E-state index contributed by atoms with van der Waals surface area (Å²) >= 11 is 6.35. The smallest absolute Gasteiger partial charge is 0.378 e. The van der Waals surface area contributed by atoms with Crippen LogP contribution in [0.25, 0.3) is 0 Å². The summed E-state index contributed by atoms with van der Waals surface area (Å²) in [6, 6.07) is 4.59. The topological polar surface area (TPSA) is 122 Å². The van der Waals surface area contributed by atoms with Crippen LogP contribution in [0.5, 0.6) is 0 Å². The number of halogens is 4. The van der Waals surface area contributed by atoms with Crippen LogP contribution in [0.4, 0.5) is 13.2 Å². The molecule has 3 N–H and O–H groups in total. The zero-order chi connectivity index (χ0) is 27.5. The minimum atomic E-state index is -4.46. The summed E-state index contributed by atoms with van der Waals surface area (Å²) in [6.45, 7) is 3.41. The van der Waals surface area contributed by atoms with Crippen LogP contribution in [0.15, 0.2) is 24.3 Å². The monoisotopic (exact) mass is 549 g/mol. The number of aromatic nitrogens is 6. The van der Waals surface area contributed by atoms with E-state index in [-0.39, 0.29) is 35.1 Å². The zero-order valence-electron chi connectivity index (χ0n) is 20.8. The highest BCUT2D eigenvalue weighted by molar-refractivity contribution is 6.29. The summed E-state index contributed by atoms with van der Waals surface area (Å²) in [5, 5.41) is 27.0. The van der Waals surface area contributed by atoms with Crippen molar-refractivity contribution in [3.05, 3.63) is 57.9 Å². The molecular formula is C25H27ClF3N7O2. The van der Waals surface area contributed by atoms with Crippen LogP contribution >= 0.6 is 11.6 Å². The van der Waals surface area contributed by atoms with E-state index in [1.807, 2.05) is 0 Å². The van der Waals surface area contributed by atoms with E-state index in [1.165, 1.54) is 30.5 Å². The Bertz CT molecular complexity index is 1310. The van der Waals surface area contributed by atoms with Gasteiger partial charge in [0, 0.05) is 12.5 Å². The van der Waals surface area contributed by atoms with Crippen molar-refractivity contribution in [1.82, 2.24) is 35.5 Å². The molecule has 202 valence electrons. The first-order valence-electron chi connectivity index (χ1n) is 12.1. The maximum Gasteiger partial charge on any atom is 0.416 e. The van der Waals surface area contributed by atoms with Gasteiger partial charge >= 0.3 is 6.18 Å². The summed E-state index contributed by atoms with van der Waals surface area (Å²) in [6.07, 6.45) is -0.930. The van der Waals surface area contributed by atoms with E-state index in [0.29, 0.717) is 12.1 Å². The Morgan fingerprint density at radius 2 is 1.89 bits per heavy atom. The van der Waals surface area contributed by atoms with Gasteiger partial charge in [0.25, 0.3) is 5.91 Å². The zero-order valence-corrected chi connectivity index (χ0v) is 21.6. The third-order valence-electron chi connectivity index (χ3n) is 6.39. The second kappa shape index (κ2) is 11.1. The molecule has 38 heavy (non-hydrogen) atoms. The van der Waals surface area contributed by atoms with Crippen LogP contribution in [-0.4, -0.2) is 53.3 Å². The van der Waals surface area contributed by atoms with Crippen molar-refractivity contribution in [3.63, 3.8) is 0 Å². The number of alkyl halides is 3. The van der Waals surface area contributed by atoms with Gasteiger partial charge in [-0.05, 0) is 91.1 Å². The fraction of sp³-hybridized carbons (Fsp3) is 0.480. The van der Waals surface area contributed by atoms with E-state index in [1.54, 1.807) is 0 Å². The number of amides is 1. The van der Waals surface area contributed by atoms with Crippen molar-refractivity contribution in [2.45, 2.75) is 63.8 Å². The lowest BCUT2D eigenvalue weighted by atomic mass is 9.81. The van der Waals surface area contributed by atoms with Gasteiger partial charge in [-0.15, -0.1) is 5.10 Å². The lowest BCUT2D eigenvalue weighted by Crippen LogP contribution is -2.33. The SMILES string of the molecule is CC(C)(O)C#Cc1nc(Cl)n(Cc2ccc(C(F)(F)F)cc2)c1C(=O)NC[C@H]1CC[C@H](c2nnn[nH]2)CC1. The number of carbonyl (C=O) groups excluding carboxylic acids is 1. The average molecular weight is 550 g/mol. The number of hydrogen-bond acceptors (Lipinski definition) is 6. The van der Waals surface area contributed by atoms with Gasteiger partial charge < -0.3 is 15.0 Å². The van der Waals surface area contributed by atoms with Crippen molar-refractivity contribution in [3.8, 4) is 11.8 Å². The first-order valence-corrected chi connectivity index (χ1v) is 12.5. The Morgan fingerprint density at radius 1 is 1.21 bits per heavy atom. The summed E-state index contributed by atoms with van der Waals surface area (Å²) in [7, 11) is 0. The fourth-order valence-corrected chi connectivity index (χ4v) is 4.61. The van der Waals surface area contributed by atoms with Gasteiger partial charge in [-0.2, -0.15) is 13.2 Å². The van der Waals surface area contributed by atoms with Crippen molar-refractivity contribution in [2.75, 3.05) is 6.54 Å². The predicted octanol–water partition coefficient (Wildman–Crippen LogP) is 3.94. The number of tetrazole rings is 1. The molecule has 1 aliphatic carbocycles. The first-order chi connectivity index (χ1) is 17.9. The molecule has 0 bridgehead atoms. The number of aliphatic hydroxyl groups is 1. The molecule has 0 radical (unpaired) electrons. The molecule has 2 aromatic heterocycles. The second-order valence-corrected chi connectivity index (χ2v) is 10.2. The molecule has 1 aromatic carbocycles. The van der Waals surface area contributed by atoms with Crippen LogP contribution in [0.2, 0.25) is 5.28 Å². The Balaban J connectivity index is 1.51. The van der Waals surface area contributed by atoms with Gasteiger partial charge in [0.15, 0.2) is 5.82 Å². The van der Waals surface area contributed by atoms with Crippen molar-refractivity contribution in [1.29, 1.82) is 0 Å². The molecule has 4 rings (SSSR count). The van der Waals surface area contributed by atoms with Crippen LogP contribution in [0.3, 0.4) is 0 Å². The molecule has 1 saturated carbocycles. The highest BCUT2D eigenvalue weighted by atomic mass is 35.5. The van der Waals surface area contributed by atoms with Crippen LogP contribution < -0.4 is 5.32 Å². The van der Waals surface area contributed by atoms with Crippen LogP contribution in [-0.2, 0) is 12.7 Å². The number of aromatic amines is 1. The number of benzene rings is 1. The molecular weight excluding hydrogens is 523 g/mol. The van der Waals surface area contributed by atoms with Crippen molar-refractivity contribution in [2.24, 2.45) is 5.92 Å². The molecule has 9 nitrogen and oxygen atoms in total. The fourth-order valence-electron chi connectivity index (χ4n) is 4.38. The van der Waals surface area contributed by atoms with Crippen molar-refractivity contribution < 1.29 is 23.1 Å². The third kappa shape index (κ3) is 6.90. The first kappa shape index (κ1) is 27.6. The van der Waals surface area contributed by atoms with Crippen LogP contribution in [0.1, 0.15) is 78.6 Å². The molecule has 1 amide bonds. The van der Waals surface area contributed by atoms with Crippen LogP contribution in [0, 0.1) is 17.8 Å². The van der Waals surface area contributed by atoms with Gasteiger partial charge in [0.05, 0.1) is 12.1 Å². The minimum Gasteiger partial charge on any atom is -0.378 e. The lowest BCUT2D eigenvalue weighted by Gasteiger charge is -2.27. The molecule has 0 unspecified atom stereocenters. The predicted molar refractivity (Wildman–Crippen MR) is 132 cm³/mol. The summed E-state index contributed by atoms with van der Waals surface area (Å²) in [5.41, 5.74) is -1.47. The molecule has 0 aliphatic heterocycles. The van der Waals surface area contributed by atoms with E-state index >= 15 is 0 Å². The number of nitrogens with one attached hydrogen (secondary N) is 2. The molecule has 13 heteroatoms. The normalized spacial score (nSPS) is 18.1. The number of H-pyrrole nitrogens is 1. The van der Waals surface area contributed by atoms with Gasteiger partial charge in [-0.1, -0.05) is 18.1 Å². The number of carbonyl (C=O) groups is 1. The van der Waals surface area contributed by atoms with E-state index in [2.05, 4.69) is 42.8 Å². The average Bonchev–Trinajstić information content (AvgIpc) is 3.50. The molecule has 2 heterocycles. The molecule has 0 atom stereocenters. The van der Waals surface area contributed by atoms with Gasteiger partial charge in [-0.3, -0.25) is 4.79 Å². The number of hydrogen-bond donors (Lipinski definition) is 3. The molecule has 0 spiro atoms. The highest BCUT2D eigenvalue weighted by Crippen LogP contribution is 2.34. The molecule has 1 fully saturated rings. The van der Waals surface area contributed by atoms with Crippen molar-refractivity contribution >= 4 is 17.5 Å². The van der Waals surface area contributed by atoms with E-state index < -0.39 is 23.2 Å². The third-order valence-corrected chi connectivity index (χ3v) is 6.68. The Hall–Kier alpha value is -3.43. The Labute approximate surface area is 222 Å².